The molecule has 3 aromatic rings. The lowest BCUT2D eigenvalue weighted by molar-refractivity contribution is -0.128. The maximum Gasteiger partial charge on any atom is 0.261 e. The second-order valence-corrected chi connectivity index (χ2v) is 6.50. The highest BCUT2D eigenvalue weighted by Crippen LogP contribution is 2.27. The highest BCUT2D eigenvalue weighted by atomic mass is 16.5. The number of hydrogen-bond acceptors (Lipinski definition) is 3. The van der Waals surface area contributed by atoms with Crippen molar-refractivity contribution in [3.63, 3.8) is 0 Å². The molecule has 0 spiro atoms. The van der Waals surface area contributed by atoms with Crippen molar-refractivity contribution in [1.29, 1.82) is 0 Å². The molecule has 0 aromatic heterocycles. The summed E-state index contributed by atoms with van der Waals surface area (Å²) in [5.41, 5.74) is 1.02. The molecule has 0 saturated carbocycles. The van der Waals surface area contributed by atoms with Crippen molar-refractivity contribution in [3.05, 3.63) is 72.3 Å². The van der Waals surface area contributed by atoms with Gasteiger partial charge in [0.2, 0.25) is 0 Å². The normalized spacial score (nSPS) is 13.0. The second-order valence-electron chi connectivity index (χ2n) is 6.50. The largest absolute Gasteiger partial charge is 0.497 e. The van der Waals surface area contributed by atoms with Crippen LogP contribution in [0.4, 0.5) is 0 Å². The summed E-state index contributed by atoms with van der Waals surface area (Å²) in [4.78, 5) is 12.8. The molecule has 4 heteroatoms. The molecule has 140 valence electrons. The number of nitrogens with one attached hydrogen (secondary N) is 1. The summed E-state index contributed by atoms with van der Waals surface area (Å²) in [6.45, 7) is 3.91. The average Bonchev–Trinajstić information content (AvgIpc) is 2.72. The molecular formula is C23H25NO3. The summed E-state index contributed by atoms with van der Waals surface area (Å²) in [6.07, 6.45) is 0.0428. The highest BCUT2D eigenvalue weighted by Gasteiger charge is 2.21. The zero-order valence-electron chi connectivity index (χ0n) is 15.9. The van der Waals surface area contributed by atoms with Crippen LogP contribution in [0.1, 0.15) is 31.9 Å². The zero-order valence-corrected chi connectivity index (χ0v) is 15.9. The van der Waals surface area contributed by atoms with Gasteiger partial charge in [0.15, 0.2) is 6.10 Å². The molecule has 3 rings (SSSR count). The summed E-state index contributed by atoms with van der Waals surface area (Å²) in [5.74, 6) is 1.41. The fourth-order valence-electron chi connectivity index (χ4n) is 3.06. The molecule has 1 N–H and O–H groups in total. The lowest BCUT2D eigenvalue weighted by Gasteiger charge is -2.21. The molecule has 0 aliphatic heterocycles. The Morgan fingerprint density at radius 2 is 1.70 bits per heavy atom. The SMILES string of the molecule is CCC(Oc1cccc2ccccc12)C(=O)NC(C)c1ccc(OC)cc1. The summed E-state index contributed by atoms with van der Waals surface area (Å²) in [6, 6.07) is 21.5. The molecule has 4 nitrogen and oxygen atoms in total. The molecule has 0 fully saturated rings. The van der Waals surface area contributed by atoms with Crippen molar-refractivity contribution < 1.29 is 14.3 Å². The number of ether oxygens (including phenoxy) is 2. The van der Waals surface area contributed by atoms with Gasteiger partial charge in [0.25, 0.3) is 5.91 Å². The zero-order chi connectivity index (χ0) is 19.2. The van der Waals surface area contributed by atoms with Gasteiger partial charge in [-0.3, -0.25) is 4.79 Å². The fraction of sp³-hybridized carbons (Fsp3) is 0.261. The molecule has 0 heterocycles. The molecule has 2 atom stereocenters. The van der Waals surface area contributed by atoms with Crippen LogP contribution >= 0.6 is 0 Å². The van der Waals surface area contributed by atoms with Gasteiger partial charge in [-0.2, -0.15) is 0 Å². The third-order valence-electron chi connectivity index (χ3n) is 4.66. The van der Waals surface area contributed by atoms with E-state index in [1.54, 1.807) is 7.11 Å². The Kier molecular flexibility index (Phi) is 5.97. The number of rotatable bonds is 7. The first kappa shape index (κ1) is 18.8. The summed E-state index contributed by atoms with van der Waals surface area (Å²) in [7, 11) is 1.64. The number of methoxy groups -OCH3 is 1. The first-order chi connectivity index (χ1) is 13.1. The predicted octanol–water partition coefficient (Wildman–Crippen LogP) is 4.88. The van der Waals surface area contributed by atoms with Crippen LogP contribution in [-0.4, -0.2) is 19.1 Å². The van der Waals surface area contributed by atoms with Gasteiger partial charge >= 0.3 is 0 Å². The van der Waals surface area contributed by atoms with E-state index >= 15 is 0 Å². The minimum atomic E-state index is -0.545. The Labute approximate surface area is 160 Å². The van der Waals surface area contributed by atoms with Crippen LogP contribution < -0.4 is 14.8 Å². The number of fused-ring (bicyclic) bond motifs is 1. The van der Waals surface area contributed by atoms with Crippen molar-refractivity contribution in [3.8, 4) is 11.5 Å². The first-order valence-corrected chi connectivity index (χ1v) is 9.21. The number of carbonyl (C=O) groups is 1. The molecule has 3 aromatic carbocycles. The van der Waals surface area contributed by atoms with Crippen LogP contribution in [0.25, 0.3) is 10.8 Å². The molecule has 2 unspecified atom stereocenters. The van der Waals surface area contributed by atoms with Gasteiger partial charge in [-0.05, 0) is 42.5 Å². The number of hydrogen-bond donors (Lipinski definition) is 1. The van der Waals surface area contributed by atoms with E-state index in [4.69, 9.17) is 9.47 Å². The molecule has 0 radical (unpaired) electrons. The van der Waals surface area contributed by atoms with Gasteiger partial charge in [0.05, 0.1) is 13.2 Å². The highest BCUT2D eigenvalue weighted by molar-refractivity contribution is 5.89. The van der Waals surface area contributed by atoms with Gasteiger partial charge in [0, 0.05) is 5.39 Å². The molecule has 0 saturated heterocycles. The van der Waals surface area contributed by atoms with E-state index < -0.39 is 6.10 Å². The first-order valence-electron chi connectivity index (χ1n) is 9.21. The van der Waals surface area contributed by atoms with Crippen LogP contribution in [0.15, 0.2) is 66.7 Å². The smallest absolute Gasteiger partial charge is 0.261 e. The van der Waals surface area contributed by atoms with Crippen LogP contribution in [-0.2, 0) is 4.79 Å². The van der Waals surface area contributed by atoms with Crippen molar-refractivity contribution in [2.45, 2.75) is 32.4 Å². The van der Waals surface area contributed by atoms with Crippen LogP contribution in [0.5, 0.6) is 11.5 Å². The number of amides is 1. The Morgan fingerprint density at radius 1 is 1.00 bits per heavy atom. The maximum absolute atomic E-state index is 12.8. The van der Waals surface area contributed by atoms with Gasteiger partial charge in [-0.1, -0.05) is 55.5 Å². The lowest BCUT2D eigenvalue weighted by Crippen LogP contribution is -2.39. The van der Waals surface area contributed by atoms with Gasteiger partial charge in [0.1, 0.15) is 11.5 Å². The minimum Gasteiger partial charge on any atom is -0.497 e. The summed E-state index contributed by atoms with van der Waals surface area (Å²) in [5, 5.41) is 5.15. The monoisotopic (exact) mass is 363 g/mol. The fourth-order valence-corrected chi connectivity index (χ4v) is 3.06. The van der Waals surface area contributed by atoms with E-state index in [1.807, 2.05) is 80.6 Å². The van der Waals surface area contributed by atoms with Crippen molar-refractivity contribution >= 4 is 16.7 Å². The van der Waals surface area contributed by atoms with Crippen molar-refractivity contribution in [2.24, 2.45) is 0 Å². The Bertz CT molecular complexity index is 900. The molecule has 27 heavy (non-hydrogen) atoms. The topological polar surface area (TPSA) is 47.6 Å². The maximum atomic E-state index is 12.8. The third kappa shape index (κ3) is 4.40. The van der Waals surface area contributed by atoms with E-state index in [1.165, 1.54) is 0 Å². The van der Waals surface area contributed by atoms with E-state index in [2.05, 4.69) is 5.32 Å². The van der Waals surface area contributed by atoms with Gasteiger partial charge in [-0.15, -0.1) is 0 Å². The molecule has 0 aliphatic carbocycles. The second kappa shape index (κ2) is 8.58. The quantitative estimate of drug-likeness (QED) is 0.650. The Hall–Kier alpha value is -3.01. The van der Waals surface area contributed by atoms with Crippen molar-refractivity contribution in [2.75, 3.05) is 7.11 Å². The van der Waals surface area contributed by atoms with Gasteiger partial charge in [-0.25, -0.2) is 0 Å². The molecular weight excluding hydrogens is 338 g/mol. The minimum absolute atomic E-state index is 0.117. The van der Waals surface area contributed by atoms with Crippen LogP contribution in [0.3, 0.4) is 0 Å². The third-order valence-corrected chi connectivity index (χ3v) is 4.66. The van der Waals surface area contributed by atoms with Crippen molar-refractivity contribution in [1.82, 2.24) is 5.32 Å². The Morgan fingerprint density at radius 3 is 2.41 bits per heavy atom. The van der Waals surface area contributed by atoms with E-state index in [0.717, 1.165) is 27.8 Å². The van der Waals surface area contributed by atoms with E-state index in [9.17, 15) is 4.79 Å². The van der Waals surface area contributed by atoms with E-state index in [-0.39, 0.29) is 11.9 Å². The molecule has 1 amide bonds. The standard InChI is InChI=1S/C23H25NO3/c1-4-21(27-22-11-7-9-18-8-5-6-10-20(18)22)23(25)24-16(2)17-12-14-19(26-3)15-13-17/h5-16,21H,4H2,1-3H3,(H,24,25). The Balaban J connectivity index is 1.71. The molecule has 0 bridgehead atoms. The summed E-state index contributed by atoms with van der Waals surface area (Å²) >= 11 is 0. The van der Waals surface area contributed by atoms with Crippen LogP contribution in [0.2, 0.25) is 0 Å². The number of benzene rings is 3. The van der Waals surface area contributed by atoms with Crippen LogP contribution in [0, 0.1) is 0 Å². The predicted molar refractivity (Wildman–Crippen MR) is 108 cm³/mol. The average molecular weight is 363 g/mol. The molecule has 0 aliphatic rings. The lowest BCUT2D eigenvalue weighted by atomic mass is 10.1. The number of carbonyl (C=O) groups excluding carboxylic acids is 1. The van der Waals surface area contributed by atoms with E-state index in [0.29, 0.717) is 6.42 Å². The summed E-state index contributed by atoms with van der Waals surface area (Å²) < 4.78 is 11.3. The van der Waals surface area contributed by atoms with Gasteiger partial charge < -0.3 is 14.8 Å².